The van der Waals surface area contributed by atoms with Gasteiger partial charge in [0, 0.05) is 30.7 Å². The highest BCUT2D eigenvalue weighted by molar-refractivity contribution is 8.14. The largest absolute Gasteiger partial charge is 0.381 e. The average molecular weight is 284 g/mol. The smallest absolute Gasteiger partial charge is 0.161 e. The van der Waals surface area contributed by atoms with E-state index in [-0.39, 0.29) is 5.54 Å². The van der Waals surface area contributed by atoms with Crippen LogP contribution in [0.2, 0.25) is 0 Å². The van der Waals surface area contributed by atoms with Gasteiger partial charge in [0.05, 0.1) is 5.54 Å². The van der Waals surface area contributed by atoms with Crippen molar-refractivity contribution in [2.75, 3.05) is 24.3 Å². The molecule has 0 saturated carbocycles. The summed E-state index contributed by atoms with van der Waals surface area (Å²) in [5.41, 5.74) is 0.485. The summed E-state index contributed by atoms with van der Waals surface area (Å²) in [6.45, 7) is 1.48. The molecule has 6 heteroatoms. The highest BCUT2D eigenvalue weighted by Gasteiger charge is 2.37. The molecule has 2 aliphatic rings. The zero-order chi connectivity index (χ0) is 13.3. The van der Waals surface area contributed by atoms with Crippen molar-refractivity contribution in [3.8, 4) is 0 Å². The van der Waals surface area contributed by atoms with Gasteiger partial charge < -0.3 is 10.1 Å². The van der Waals surface area contributed by atoms with Crippen molar-refractivity contribution in [3.05, 3.63) is 29.8 Å². The number of benzene rings is 1. The first kappa shape index (κ1) is 12.9. The Bertz CT molecular complexity index is 515. The number of hydrogen-bond acceptors (Lipinski definition) is 4. The number of ether oxygens (including phenoxy) is 1. The van der Waals surface area contributed by atoms with Crippen molar-refractivity contribution in [2.24, 2.45) is 4.99 Å². The van der Waals surface area contributed by atoms with E-state index in [2.05, 4.69) is 5.32 Å². The summed E-state index contributed by atoms with van der Waals surface area (Å²) < 4.78 is 31.3. The quantitative estimate of drug-likeness (QED) is 0.860. The van der Waals surface area contributed by atoms with E-state index in [0.29, 0.717) is 5.69 Å². The summed E-state index contributed by atoms with van der Waals surface area (Å²) >= 11 is 1.62. The van der Waals surface area contributed by atoms with E-state index in [4.69, 9.17) is 9.73 Å². The monoisotopic (exact) mass is 284 g/mol. The van der Waals surface area contributed by atoms with Crippen LogP contribution in [-0.2, 0) is 4.74 Å². The molecule has 0 aromatic heterocycles. The number of aliphatic imine (C=N–C) groups is 1. The van der Waals surface area contributed by atoms with Gasteiger partial charge in [-0.25, -0.2) is 8.78 Å². The SMILES string of the molecule is Fc1ccc(NC2=NC3(CCOCC3)CS2)cc1F. The summed E-state index contributed by atoms with van der Waals surface area (Å²) in [4.78, 5) is 4.70. The van der Waals surface area contributed by atoms with Gasteiger partial charge in [0.15, 0.2) is 16.8 Å². The molecular weight excluding hydrogens is 270 g/mol. The van der Waals surface area contributed by atoms with E-state index in [0.717, 1.165) is 49.1 Å². The highest BCUT2D eigenvalue weighted by Crippen LogP contribution is 2.36. The van der Waals surface area contributed by atoms with Gasteiger partial charge >= 0.3 is 0 Å². The first-order chi connectivity index (χ1) is 9.17. The van der Waals surface area contributed by atoms with Crippen LogP contribution in [0.4, 0.5) is 14.5 Å². The van der Waals surface area contributed by atoms with Crippen LogP contribution in [0.25, 0.3) is 0 Å². The zero-order valence-corrected chi connectivity index (χ0v) is 11.1. The van der Waals surface area contributed by atoms with E-state index in [9.17, 15) is 8.78 Å². The van der Waals surface area contributed by atoms with E-state index in [1.54, 1.807) is 11.8 Å². The molecule has 1 N–H and O–H groups in total. The first-order valence-electron chi connectivity index (χ1n) is 6.19. The lowest BCUT2D eigenvalue weighted by molar-refractivity contribution is 0.0624. The summed E-state index contributed by atoms with van der Waals surface area (Å²) in [5.74, 6) is -0.774. The molecule has 1 fully saturated rings. The standard InChI is InChI=1S/C13H14F2N2OS/c14-10-2-1-9(7-11(10)15)16-12-17-13(8-19-12)3-5-18-6-4-13/h1-2,7H,3-6,8H2,(H,16,17). The predicted octanol–water partition coefficient (Wildman–Crippen LogP) is 3.03. The molecule has 102 valence electrons. The van der Waals surface area contributed by atoms with E-state index < -0.39 is 11.6 Å². The Morgan fingerprint density at radius 3 is 2.74 bits per heavy atom. The lowest BCUT2D eigenvalue weighted by atomic mass is 9.93. The topological polar surface area (TPSA) is 33.6 Å². The molecule has 1 saturated heterocycles. The van der Waals surface area contributed by atoms with E-state index in [1.165, 1.54) is 6.07 Å². The van der Waals surface area contributed by atoms with Crippen molar-refractivity contribution >= 4 is 22.6 Å². The second kappa shape index (κ2) is 5.09. The Morgan fingerprint density at radius 1 is 1.21 bits per heavy atom. The number of rotatable bonds is 1. The third kappa shape index (κ3) is 2.74. The Balaban J connectivity index is 1.73. The van der Waals surface area contributed by atoms with Crippen LogP contribution in [0.1, 0.15) is 12.8 Å². The molecule has 3 rings (SSSR count). The lowest BCUT2D eigenvalue weighted by Crippen LogP contribution is -2.34. The molecule has 0 aliphatic carbocycles. The molecule has 0 atom stereocenters. The van der Waals surface area contributed by atoms with Crippen molar-refractivity contribution in [1.29, 1.82) is 0 Å². The average Bonchev–Trinajstić information content (AvgIpc) is 2.78. The third-order valence-corrected chi connectivity index (χ3v) is 4.56. The molecule has 1 spiro atoms. The van der Waals surface area contributed by atoms with Crippen LogP contribution in [0.3, 0.4) is 0 Å². The molecule has 3 nitrogen and oxygen atoms in total. The molecule has 0 amide bonds. The Morgan fingerprint density at radius 2 is 2.00 bits per heavy atom. The van der Waals surface area contributed by atoms with Gasteiger partial charge in [-0.3, -0.25) is 4.99 Å². The zero-order valence-electron chi connectivity index (χ0n) is 10.3. The van der Waals surface area contributed by atoms with Crippen molar-refractivity contribution in [2.45, 2.75) is 18.4 Å². The summed E-state index contributed by atoms with van der Waals surface area (Å²) in [7, 11) is 0. The first-order valence-corrected chi connectivity index (χ1v) is 7.18. The van der Waals surface area contributed by atoms with Crippen LogP contribution in [0.5, 0.6) is 0 Å². The third-order valence-electron chi connectivity index (χ3n) is 3.41. The second-order valence-corrected chi connectivity index (χ2v) is 5.76. The number of thioether (sulfide) groups is 1. The maximum atomic E-state index is 13.1. The molecule has 2 aliphatic heterocycles. The molecule has 2 heterocycles. The number of nitrogens with zero attached hydrogens (tertiary/aromatic N) is 1. The highest BCUT2D eigenvalue weighted by atomic mass is 32.2. The maximum Gasteiger partial charge on any atom is 0.161 e. The molecule has 19 heavy (non-hydrogen) atoms. The fraction of sp³-hybridized carbons (Fsp3) is 0.462. The van der Waals surface area contributed by atoms with Gasteiger partial charge in [0.25, 0.3) is 0 Å². The number of anilines is 1. The van der Waals surface area contributed by atoms with Gasteiger partial charge in [-0.2, -0.15) is 0 Å². The van der Waals surface area contributed by atoms with Crippen molar-refractivity contribution < 1.29 is 13.5 Å². The van der Waals surface area contributed by atoms with Gasteiger partial charge in [-0.15, -0.1) is 0 Å². The minimum Gasteiger partial charge on any atom is -0.381 e. The Kier molecular flexibility index (Phi) is 3.45. The summed E-state index contributed by atoms with van der Waals surface area (Å²) in [6.07, 6.45) is 1.84. The number of nitrogens with one attached hydrogen (secondary N) is 1. The Labute approximate surface area is 114 Å². The normalized spacial score (nSPS) is 21.5. The van der Waals surface area contributed by atoms with Crippen LogP contribution in [0.15, 0.2) is 23.2 Å². The molecule has 0 bridgehead atoms. The van der Waals surface area contributed by atoms with Gasteiger partial charge in [-0.1, -0.05) is 11.8 Å². The van der Waals surface area contributed by atoms with E-state index >= 15 is 0 Å². The van der Waals surface area contributed by atoms with Gasteiger partial charge in [0.1, 0.15) is 0 Å². The van der Waals surface area contributed by atoms with Crippen molar-refractivity contribution in [3.63, 3.8) is 0 Å². The van der Waals surface area contributed by atoms with Crippen LogP contribution >= 0.6 is 11.8 Å². The molecular formula is C13H14F2N2OS. The Hall–Kier alpha value is -1.14. The van der Waals surface area contributed by atoms with Gasteiger partial charge in [0.2, 0.25) is 0 Å². The number of halogens is 2. The van der Waals surface area contributed by atoms with Crippen molar-refractivity contribution in [1.82, 2.24) is 0 Å². The molecule has 1 aromatic carbocycles. The molecule has 0 radical (unpaired) electrons. The lowest BCUT2D eigenvalue weighted by Gasteiger charge is -2.29. The number of amidine groups is 1. The minimum absolute atomic E-state index is 0.0379. The van der Waals surface area contributed by atoms with Crippen LogP contribution < -0.4 is 5.32 Å². The molecule has 1 aromatic rings. The predicted molar refractivity (Wildman–Crippen MR) is 72.7 cm³/mol. The fourth-order valence-corrected chi connectivity index (χ4v) is 3.46. The summed E-state index contributed by atoms with van der Waals surface area (Å²) in [5, 5.41) is 3.82. The van der Waals surface area contributed by atoms with Crippen LogP contribution in [0, 0.1) is 11.6 Å². The number of hydrogen-bond donors (Lipinski definition) is 1. The maximum absolute atomic E-state index is 13.1. The van der Waals surface area contributed by atoms with E-state index in [1.807, 2.05) is 0 Å². The van der Waals surface area contributed by atoms with Crippen LogP contribution in [-0.4, -0.2) is 29.7 Å². The fourth-order valence-electron chi connectivity index (χ4n) is 2.25. The minimum atomic E-state index is -0.852. The summed E-state index contributed by atoms with van der Waals surface area (Å²) in [6, 6.07) is 3.77. The molecule has 0 unspecified atom stereocenters. The second-order valence-electron chi connectivity index (χ2n) is 4.80. The van der Waals surface area contributed by atoms with Gasteiger partial charge in [-0.05, 0) is 25.0 Å².